The minimum absolute atomic E-state index is 0.665. The number of aromatic nitrogens is 4. The first-order chi connectivity index (χ1) is 13.3. The molecule has 0 N–H and O–H groups in total. The van der Waals surface area contributed by atoms with Crippen LogP contribution in [0.2, 0.25) is 0 Å². The lowest BCUT2D eigenvalue weighted by Gasteiger charge is -2.11. The Kier molecular flexibility index (Phi) is 3.68. The Morgan fingerprint density at radius 3 is 2.48 bits per heavy atom. The molecule has 0 saturated carbocycles. The second-order valence-corrected chi connectivity index (χ2v) is 6.73. The number of fused-ring (bicyclic) bond motifs is 3. The number of aryl methyl sites for hydroxylation is 1. The van der Waals surface area contributed by atoms with Crippen LogP contribution in [0.1, 0.15) is 11.5 Å². The van der Waals surface area contributed by atoms with Crippen molar-refractivity contribution in [2.24, 2.45) is 0 Å². The maximum atomic E-state index is 4.32. The lowest BCUT2D eigenvalue weighted by atomic mass is 9.94. The first-order valence-electron chi connectivity index (χ1n) is 9.00. The summed E-state index contributed by atoms with van der Waals surface area (Å²) in [5.74, 6) is 0.971. The molecule has 0 amide bonds. The lowest BCUT2D eigenvalue weighted by molar-refractivity contribution is 0.727. The van der Waals surface area contributed by atoms with E-state index in [4.69, 9.17) is 0 Å². The number of nitrogens with zero attached hydrogens (tertiary/aromatic N) is 4. The highest BCUT2D eigenvalue weighted by Crippen LogP contribution is 2.34. The van der Waals surface area contributed by atoms with Gasteiger partial charge in [-0.2, -0.15) is 10.2 Å². The van der Waals surface area contributed by atoms with E-state index >= 15 is 0 Å². The zero-order valence-electron chi connectivity index (χ0n) is 15.0. The number of hydrogen-bond donors (Lipinski definition) is 0. The van der Waals surface area contributed by atoms with Crippen molar-refractivity contribution >= 4 is 21.5 Å². The van der Waals surface area contributed by atoms with E-state index in [1.165, 1.54) is 27.1 Å². The van der Waals surface area contributed by atoms with Crippen LogP contribution < -0.4 is 0 Å². The fourth-order valence-corrected chi connectivity index (χ4v) is 3.67. The molecule has 130 valence electrons. The smallest absolute Gasteiger partial charge is 0.105 e. The summed E-state index contributed by atoms with van der Waals surface area (Å²) in [4.78, 5) is 4.28. The SMILES string of the molecule is Cc1nccn1Cc1cc(-c2cc3ccccc3c3ccccc23)cnn1. The maximum Gasteiger partial charge on any atom is 0.105 e. The molecule has 0 atom stereocenters. The molecule has 4 nitrogen and oxygen atoms in total. The fourth-order valence-electron chi connectivity index (χ4n) is 3.67. The van der Waals surface area contributed by atoms with Crippen LogP contribution in [0.25, 0.3) is 32.7 Å². The molecule has 4 heteroatoms. The molecule has 2 aromatic heterocycles. The summed E-state index contributed by atoms with van der Waals surface area (Å²) in [5, 5.41) is 13.6. The summed E-state index contributed by atoms with van der Waals surface area (Å²) in [6.07, 6.45) is 5.62. The van der Waals surface area contributed by atoms with Crippen LogP contribution in [0.15, 0.2) is 79.3 Å². The summed E-state index contributed by atoms with van der Waals surface area (Å²) < 4.78 is 2.08. The van der Waals surface area contributed by atoms with Crippen molar-refractivity contribution in [3.8, 4) is 11.1 Å². The monoisotopic (exact) mass is 350 g/mol. The van der Waals surface area contributed by atoms with Gasteiger partial charge in [-0.05, 0) is 46.2 Å². The summed E-state index contributed by atoms with van der Waals surface area (Å²) in [6.45, 7) is 2.66. The van der Waals surface area contributed by atoms with Crippen LogP contribution in [0.3, 0.4) is 0 Å². The van der Waals surface area contributed by atoms with Crippen LogP contribution in [-0.4, -0.2) is 19.7 Å². The van der Waals surface area contributed by atoms with Gasteiger partial charge in [0.15, 0.2) is 0 Å². The van der Waals surface area contributed by atoms with E-state index in [1.807, 2.05) is 25.5 Å². The van der Waals surface area contributed by atoms with E-state index in [2.05, 4.69) is 80.4 Å². The number of hydrogen-bond acceptors (Lipinski definition) is 3. The average Bonchev–Trinajstić information content (AvgIpc) is 3.12. The van der Waals surface area contributed by atoms with E-state index < -0.39 is 0 Å². The van der Waals surface area contributed by atoms with E-state index in [9.17, 15) is 0 Å². The number of rotatable bonds is 3. The van der Waals surface area contributed by atoms with E-state index in [1.54, 1.807) is 0 Å². The van der Waals surface area contributed by atoms with Crippen molar-refractivity contribution in [2.75, 3.05) is 0 Å². The molecule has 2 heterocycles. The van der Waals surface area contributed by atoms with Gasteiger partial charge in [0.2, 0.25) is 0 Å². The van der Waals surface area contributed by atoms with Gasteiger partial charge in [-0.3, -0.25) is 0 Å². The molecule has 5 rings (SSSR count). The first kappa shape index (κ1) is 15.7. The van der Waals surface area contributed by atoms with E-state index in [0.717, 1.165) is 17.1 Å². The largest absolute Gasteiger partial charge is 0.329 e. The molecule has 0 spiro atoms. The quantitative estimate of drug-likeness (QED) is 0.430. The van der Waals surface area contributed by atoms with E-state index in [0.29, 0.717) is 6.54 Å². The minimum atomic E-state index is 0.665. The molecule has 27 heavy (non-hydrogen) atoms. The molecule has 5 aromatic rings. The molecular weight excluding hydrogens is 332 g/mol. The van der Waals surface area contributed by atoms with Gasteiger partial charge in [-0.15, -0.1) is 0 Å². The van der Waals surface area contributed by atoms with Gasteiger partial charge in [0, 0.05) is 18.0 Å². The second-order valence-electron chi connectivity index (χ2n) is 6.73. The molecule has 0 bridgehead atoms. The number of imidazole rings is 1. The van der Waals surface area contributed by atoms with Gasteiger partial charge in [0.1, 0.15) is 5.82 Å². The molecule has 0 radical (unpaired) electrons. The third kappa shape index (κ3) is 2.75. The van der Waals surface area contributed by atoms with E-state index in [-0.39, 0.29) is 0 Å². The molecule has 0 fully saturated rings. The fraction of sp³-hybridized carbons (Fsp3) is 0.0870. The van der Waals surface area contributed by atoms with Crippen molar-refractivity contribution in [1.29, 1.82) is 0 Å². The minimum Gasteiger partial charge on any atom is -0.329 e. The Morgan fingerprint density at radius 1 is 0.889 bits per heavy atom. The summed E-state index contributed by atoms with van der Waals surface area (Å²) in [6, 6.07) is 21.4. The van der Waals surface area contributed by atoms with Crippen molar-refractivity contribution < 1.29 is 0 Å². The Bertz CT molecular complexity index is 1270. The molecule has 0 aliphatic heterocycles. The van der Waals surface area contributed by atoms with Crippen molar-refractivity contribution in [3.05, 3.63) is 90.8 Å². The van der Waals surface area contributed by atoms with Crippen molar-refractivity contribution in [2.45, 2.75) is 13.5 Å². The predicted octanol–water partition coefficient (Wildman–Crippen LogP) is 5.00. The maximum absolute atomic E-state index is 4.32. The van der Waals surface area contributed by atoms with Crippen LogP contribution in [-0.2, 0) is 6.54 Å². The van der Waals surface area contributed by atoms with Gasteiger partial charge < -0.3 is 4.57 Å². The summed E-state index contributed by atoms with van der Waals surface area (Å²) in [7, 11) is 0. The highest BCUT2D eigenvalue weighted by atomic mass is 15.1. The normalized spacial score (nSPS) is 11.3. The average molecular weight is 350 g/mol. The van der Waals surface area contributed by atoms with Gasteiger partial charge in [0.05, 0.1) is 18.4 Å². The third-order valence-electron chi connectivity index (χ3n) is 5.04. The van der Waals surface area contributed by atoms with Crippen LogP contribution >= 0.6 is 0 Å². The predicted molar refractivity (Wildman–Crippen MR) is 109 cm³/mol. The highest BCUT2D eigenvalue weighted by molar-refractivity contribution is 6.13. The standard InChI is InChI=1S/C23H18N4/c1-16-24-10-11-27(16)15-19-12-18(14-25-26-19)23-13-17-6-2-3-7-20(17)21-8-4-5-9-22(21)23/h2-14H,15H2,1H3. The Labute approximate surface area is 157 Å². The van der Waals surface area contributed by atoms with Crippen LogP contribution in [0.4, 0.5) is 0 Å². The Hall–Kier alpha value is -3.53. The highest BCUT2D eigenvalue weighted by Gasteiger charge is 2.10. The third-order valence-corrected chi connectivity index (χ3v) is 5.04. The zero-order chi connectivity index (χ0) is 18.2. The summed E-state index contributed by atoms with van der Waals surface area (Å²) >= 11 is 0. The Morgan fingerprint density at radius 2 is 1.67 bits per heavy atom. The first-order valence-corrected chi connectivity index (χ1v) is 9.00. The molecular formula is C23H18N4. The molecule has 0 aliphatic rings. The topological polar surface area (TPSA) is 43.6 Å². The number of benzene rings is 3. The Balaban J connectivity index is 1.69. The molecule has 0 aliphatic carbocycles. The van der Waals surface area contributed by atoms with Crippen molar-refractivity contribution in [3.63, 3.8) is 0 Å². The lowest BCUT2D eigenvalue weighted by Crippen LogP contribution is -2.04. The zero-order valence-corrected chi connectivity index (χ0v) is 15.0. The van der Waals surface area contributed by atoms with Gasteiger partial charge in [-0.25, -0.2) is 4.98 Å². The van der Waals surface area contributed by atoms with Gasteiger partial charge in [-0.1, -0.05) is 48.5 Å². The molecule has 0 unspecified atom stereocenters. The van der Waals surface area contributed by atoms with Crippen molar-refractivity contribution in [1.82, 2.24) is 19.7 Å². The molecule has 0 saturated heterocycles. The van der Waals surface area contributed by atoms with Gasteiger partial charge in [0.25, 0.3) is 0 Å². The molecule has 3 aromatic carbocycles. The van der Waals surface area contributed by atoms with Crippen LogP contribution in [0, 0.1) is 6.92 Å². The second kappa shape index (κ2) is 6.32. The van der Waals surface area contributed by atoms with Gasteiger partial charge >= 0.3 is 0 Å². The van der Waals surface area contributed by atoms with Crippen LogP contribution in [0.5, 0.6) is 0 Å². The summed E-state index contributed by atoms with van der Waals surface area (Å²) in [5.41, 5.74) is 3.19.